The van der Waals surface area contributed by atoms with E-state index in [1.165, 1.54) is 0 Å². The van der Waals surface area contributed by atoms with E-state index in [4.69, 9.17) is 5.84 Å². The summed E-state index contributed by atoms with van der Waals surface area (Å²) in [6.07, 6.45) is 3.75. The van der Waals surface area contributed by atoms with E-state index < -0.39 is 0 Å². The fraction of sp³-hybridized carbons (Fsp3) is 0.571. The standard InChI is InChI=1S/C14H23N5O/c1-10-7-13(17-15)12(8-16-10)14(20)19(3)11-5-4-6-18(2)9-11/h7-8,11H,4-6,9,15H2,1-3H3,(H,16,17). The van der Waals surface area contributed by atoms with Crippen molar-refractivity contribution in [3.63, 3.8) is 0 Å². The fourth-order valence-corrected chi connectivity index (χ4v) is 2.66. The van der Waals surface area contributed by atoms with Crippen LogP contribution in [-0.4, -0.2) is 53.9 Å². The number of hydrazine groups is 1. The van der Waals surface area contributed by atoms with Crippen molar-refractivity contribution in [2.75, 3.05) is 32.6 Å². The first kappa shape index (κ1) is 14.7. The molecule has 6 nitrogen and oxygen atoms in total. The van der Waals surface area contributed by atoms with Gasteiger partial charge in [-0.25, -0.2) is 0 Å². The van der Waals surface area contributed by atoms with E-state index in [1.54, 1.807) is 12.3 Å². The Labute approximate surface area is 119 Å². The summed E-state index contributed by atoms with van der Waals surface area (Å²) >= 11 is 0. The first-order chi connectivity index (χ1) is 9.52. The maximum Gasteiger partial charge on any atom is 0.257 e. The van der Waals surface area contributed by atoms with Crippen LogP contribution in [0, 0.1) is 6.92 Å². The number of pyridine rings is 1. The molecule has 2 rings (SSSR count). The molecule has 110 valence electrons. The van der Waals surface area contributed by atoms with Gasteiger partial charge >= 0.3 is 0 Å². The van der Waals surface area contributed by atoms with Crippen molar-refractivity contribution in [1.29, 1.82) is 0 Å². The number of nitrogen functional groups attached to an aromatic ring is 1. The van der Waals surface area contributed by atoms with Crippen LogP contribution in [-0.2, 0) is 0 Å². The highest BCUT2D eigenvalue weighted by molar-refractivity contribution is 5.99. The molecule has 0 saturated carbocycles. The van der Waals surface area contributed by atoms with Crippen molar-refractivity contribution in [2.24, 2.45) is 5.84 Å². The number of piperidine rings is 1. The molecule has 6 heteroatoms. The number of nitrogens with two attached hydrogens (primary N) is 1. The number of nitrogens with zero attached hydrogens (tertiary/aromatic N) is 3. The third-order valence-corrected chi connectivity index (χ3v) is 3.89. The van der Waals surface area contributed by atoms with Gasteiger partial charge in [0.05, 0.1) is 11.3 Å². The average molecular weight is 277 g/mol. The van der Waals surface area contributed by atoms with Gasteiger partial charge in [0.2, 0.25) is 0 Å². The number of carbonyl (C=O) groups is 1. The van der Waals surface area contributed by atoms with Crippen molar-refractivity contribution >= 4 is 11.6 Å². The van der Waals surface area contributed by atoms with Crippen LogP contribution in [0.3, 0.4) is 0 Å². The van der Waals surface area contributed by atoms with Crippen molar-refractivity contribution in [1.82, 2.24) is 14.8 Å². The number of aromatic nitrogens is 1. The van der Waals surface area contributed by atoms with E-state index in [0.717, 1.165) is 31.6 Å². The molecule has 0 radical (unpaired) electrons. The van der Waals surface area contributed by atoms with Crippen LogP contribution in [0.1, 0.15) is 28.9 Å². The summed E-state index contributed by atoms with van der Waals surface area (Å²) in [6, 6.07) is 2.03. The zero-order chi connectivity index (χ0) is 14.7. The summed E-state index contributed by atoms with van der Waals surface area (Å²) in [4.78, 5) is 20.9. The minimum atomic E-state index is -0.0363. The van der Waals surface area contributed by atoms with Crippen molar-refractivity contribution < 1.29 is 4.79 Å². The van der Waals surface area contributed by atoms with E-state index in [9.17, 15) is 4.79 Å². The summed E-state index contributed by atoms with van der Waals surface area (Å²) in [5, 5.41) is 0. The smallest absolute Gasteiger partial charge is 0.257 e. The molecule has 1 unspecified atom stereocenters. The Morgan fingerprint density at radius 3 is 3.00 bits per heavy atom. The highest BCUT2D eigenvalue weighted by atomic mass is 16.2. The third kappa shape index (κ3) is 3.08. The lowest BCUT2D eigenvalue weighted by Crippen LogP contribution is -2.47. The van der Waals surface area contributed by atoms with Gasteiger partial charge in [-0.1, -0.05) is 0 Å². The Bertz CT molecular complexity index is 490. The Kier molecular flexibility index (Phi) is 4.57. The van der Waals surface area contributed by atoms with Gasteiger partial charge in [0.25, 0.3) is 5.91 Å². The quantitative estimate of drug-likeness (QED) is 0.632. The number of carbonyl (C=O) groups excluding carboxylic acids is 1. The molecule has 1 atom stereocenters. The Balaban J connectivity index is 2.18. The molecule has 0 aliphatic carbocycles. The van der Waals surface area contributed by atoms with Crippen LogP contribution in [0.15, 0.2) is 12.3 Å². The number of hydrogen-bond acceptors (Lipinski definition) is 5. The molecule has 1 amide bonds. The second-order valence-corrected chi connectivity index (χ2v) is 5.49. The van der Waals surface area contributed by atoms with E-state index in [2.05, 4.69) is 22.4 Å². The lowest BCUT2D eigenvalue weighted by molar-refractivity contribution is 0.0644. The van der Waals surface area contributed by atoms with E-state index in [0.29, 0.717) is 11.3 Å². The summed E-state index contributed by atoms with van der Waals surface area (Å²) in [6.45, 7) is 3.88. The van der Waals surface area contributed by atoms with Crippen molar-refractivity contribution in [2.45, 2.75) is 25.8 Å². The lowest BCUT2D eigenvalue weighted by atomic mass is 10.0. The molecule has 0 spiro atoms. The zero-order valence-corrected chi connectivity index (χ0v) is 12.4. The Morgan fingerprint density at radius 1 is 1.60 bits per heavy atom. The number of likely N-dealkylation sites (N-methyl/N-ethyl adjacent to an activating group) is 2. The molecule has 1 fully saturated rings. The highest BCUT2D eigenvalue weighted by Gasteiger charge is 2.26. The summed E-state index contributed by atoms with van der Waals surface area (Å²) < 4.78 is 0. The van der Waals surface area contributed by atoms with Crippen LogP contribution in [0.5, 0.6) is 0 Å². The fourth-order valence-electron chi connectivity index (χ4n) is 2.66. The molecule has 0 bridgehead atoms. The second-order valence-electron chi connectivity index (χ2n) is 5.49. The number of rotatable bonds is 3. The molecule has 3 N–H and O–H groups in total. The van der Waals surface area contributed by atoms with Gasteiger partial charge < -0.3 is 15.2 Å². The molecular formula is C14H23N5O. The monoisotopic (exact) mass is 277 g/mol. The molecule has 1 aliphatic rings. The summed E-state index contributed by atoms with van der Waals surface area (Å²) in [5.74, 6) is 5.46. The van der Waals surface area contributed by atoms with Gasteiger partial charge in [0.1, 0.15) is 0 Å². The van der Waals surface area contributed by atoms with E-state index in [-0.39, 0.29) is 11.9 Å². The van der Waals surface area contributed by atoms with Crippen LogP contribution < -0.4 is 11.3 Å². The maximum atomic E-state index is 12.6. The molecule has 1 saturated heterocycles. The van der Waals surface area contributed by atoms with Crippen LogP contribution >= 0.6 is 0 Å². The molecule has 1 aromatic rings. The lowest BCUT2D eigenvalue weighted by Gasteiger charge is -2.36. The molecule has 1 aliphatic heterocycles. The number of amides is 1. The largest absolute Gasteiger partial charge is 0.337 e. The molecule has 20 heavy (non-hydrogen) atoms. The van der Waals surface area contributed by atoms with Gasteiger partial charge in [0.15, 0.2) is 0 Å². The predicted molar refractivity (Wildman–Crippen MR) is 79.4 cm³/mol. The Morgan fingerprint density at radius 2 is 2.35 bits per heavy atom. The average Bonchev–Trinajstić information content (AvgIpc) is 2.45. The number of nitrogens with one attached hydrogen (secondary N) is 1. The number of anilines is 1. The first-order valence-corrected chi connectivity index (χ1v) is 6.92. The van der Waals surface area contributed by atoms with E-state index >= 15 is 0 Å². The molecule has 1 aromatic heterocycles. The first-order valence-electron chi connectivity index (χ1n) is 6.92. The SMILES string of the molecule is Cc1cc(NN)c(C(=O)N(C)C2CCCN(C)C2)cn1. The topological polar surface area (TPSA) is 74.5 Å². The van der Waals surface area contributed by atoms with E-state index in [1.807, 2.05) is 18.9 Å². The molecular weight excluding hydrogens is 254 g/mol. The second kappa shape index (κ2) is 6.19. The van der Waals surface area contributed by atoms with Gasteiger partial charge in [-0.05, 0) is 39.4 Å². The third-order valence-electron chi connectivity index (χ3n) is 3.89. The minimum absolute atomic E-state index is 0.0363. The normalized spacial score (nSPS) is 19.7. The van der Waals surface area contributed by atoms with Crippen LogP contribution in [0.4, 0.5) is 5.69 Å². The maximum absolute atomic E-state index is 12.6. The Hall–Kier alpha value is -1.66. The van der Waals surface area contributed by atoms with Crippen LogP contribution in [0.2, 0.25) is 0 Å². The minimum Gasteiger partial charge on any atom is -0.337 e. The van der Waals surface area contributed by atoms with Crippen molar-refractivity contribution in [3.05, 3.63) is 23.5 Å². The highest BCUT2D eigenvalue weighted by Crippen LogP contribution is 2.20. The number of likely N-dealkylation sites (tertiary alicyclic amines) is 1. The van der Waals surface area contributed by atoms with Gasteiger partial charge in [-0.15, -0.1) is 0 Å². The van der Waals surface area contributed by atoms with Crippen molar-refractivity contribution in [3.8, 4) is 0 Å². The summed E-state index contributed by atoms with van der Waals surface area (Å²) in [7, 11) is 3.94. The van der Waals surface area contributed by atoms with Gasteiger partial charge in [0, 0.05) is 31.5 Å². The van der Waals surface area contributed by atoms with Gasteiger partial charge in [-0.3, -0.25) is 15.6 Å². The number of aryl methyl sites for hydroxylation is 1. The summed E-state index contributed by atoms with van der Waals surface area (Å²) in [5.41, 5.74) is 4.56. The predicted octanol–water partition coefficient (Wildman–Crippen LogP) is 0.842. The van der Waals surface area contributed by atoms with Crippen LogP contribution in [0.25, 0.3) is 0 Å². The molecule has 2 heterocycles. The zero-order valence-electron chi connectivity index (χ0n) is 12.4. The number of hydrogen-bond donors (Lipinski definition) is 2. The van der Waals surface area contributed by atoms with Gasteiger partial charge in [-0.2, -0.15) is 0 Å². The molecule has 0 aromatic carbocycles.